The van der Waals surface area contributed by atoms with Crippen molar-refractivity contribution < 1.29 is 16.8 Å². The Morgan fingerprint density at radius 2 is 1.33 bits per heavy atom. The highest BCUT2D eigenvalue weighted by atomic mass is 32.2. The summed E-state index contributed by atoms with van der Waals surface area (Å²) in [5.74, 6) is 0. The number of nitriles is 1. The van der Waals surface area contributed by atoms with Crippen LogP contribution in [0.3, 0.4) is 0 Å². The molecule has 3 rings (SSSR count). The third kappa shape index (κ3) is 5.55. The van der Waals surface area contributed by atoms with Crippen LogP contribution in [-0.4, -0.2) is 27.3 Å². The summed E-state index contributed by atoms with van der Waals surface area (Å²) in [6.45, 7) is 6.39. The van der Waals surface area contributed by atoms with Crippen LogP contribution in [-0.2, 0) is 20.0 Å². The summed E-state index contributed by atoms with van der Waals surface area (Å²) in [4.78, 5) is 0.784. The van der Waals surface area contributed by atoms with Crippen LogP contribution in [0.5, 0.6) is 0 Å². The van der Waals surface area contributed by atoms with E-state index in [0.29, 0.717) is 22.5 Å². The van der Waals surface area contributed by atoms with Gasteiger partial charge in [-0.1, -0.05) is 30.3 Å². The van der Waals surface area contributed by atoms with Crippen LogP contribution < -0.4 is 9.44 Å². The molecular formula is C23H25N3O4S3. The van der Waals surface area contributed by atoms with E-state index in [1.807, 2.05) is 35.7 Å². The number of rotatable bonds is 8. The first-order valence-electron chi connectivity index (χ1n) is 10.2. The molecule has 2 N–H and O–H groups in total. The molecule has 10 heteroatoms. The monoisotopic (exact) mass is 503 g/mol. The molecule has 174 valence electrons. The van der Waals surface area contributed by atoms with Crippen LogP contribution in [0.4, 0.5) is 11.4 Å². The van der Waals surface area contributed by atoms with E-state index in [9.17, 15) is 22.1 Å². The summed E-state index contributed by atoms with van der Waals surface area (Å²) < 4.78 is 54.7. The molecule has 2 aromatic carbocycles. The highest BCUT2D eigenvalue weighted by molar-refractivity contribution is 7.93. The Labute approximate surface area is 199 Å². The quantitative estimate of drug-likeness (QED) is 0.435. The summed E-state index contributed by atoms with van der Waals surface area (Å²) in [5.41, 5.74) is 3.41. The molecule has 3 aromatic rings. The van der Waals surface area contributed by atoms with Crippen molar-refractivity contribution in [3.05, 3.63) is 59.5 Å². The topological polar surface area (TPSA) is 116 Å². The molecule has 0 spiro atoms. The van der Waals surface area contributed by atoms with E-state index in [1.54, 1.807) is 45.9 Å². The first-order chi connectivity index (χ1) is 15.4. The predicted octanol–water partition coefficient (Wildman–Crippen LogP) is 5.25. The first kappa shape index (κ1) is 24.8. The van der Waals surface area contributed by atoms with Gasteiger partial charge in [0, 0.05) is 5.56 Å². The second-order valence-electron chi connectivity index (χ2n) is 8.00. The smallest absolute Gasteiger partial charge is 0.235 e. The third-order valence-corrected chi connectivity index (χ3v) is 9.47. The van der Waals surface area contributed by atoms with Gasteiger partial charge in [0.15, 0.2) is 0 Å². The highest BCUT2D eigenvalue weighted by Gasteiger charge is 2.20. The number of benzene rings is 2. The van der Waals surface area contributed by atoms with Gasteiger partial charge in [-0.15, -0.1) is 11.3 Å². The zero-order valence-corrected chi connectivity index (χ0v) is 21.1. The van der Waals surface area contributed by atoms with Gasteiger partial charge >= 0.3 is 0 Å². The average Bonchev–Trinajstić information content (AvgIpc) is 3.20. The molecule has 0 fully saturated rings. The molecule has 0 aliphatic heterocycles. The molecular weight excluding hydrogens is 478 g/mol. The Bertz CT molecular complexity index is 1400. The lowest BCUT2D eigenvalue weighted by Gasteiger charge is -2.16. The van der Waals surface area contributed by atoms with E-state index in [4.69, 9.17) is 0 Å². The molecule has 1 heterocycles. The Morgan fingerprint density at radius 1 is 0.788 bits per heavy atom. The van der Waals surface area contributed by atoms with Gasteiger partial charge < -0.3 is 0 Å². The molecule has 0 radical (unpaired) electrons. The highest BCUT2D eigenvalue weighted by Crippen LogP contribution is 2.37. The molecule has 0 unspecified atom stereocenters. The molecule has 33 heavy (non-hydrogen) atoms. The number of nitrogens with zero attached hydrogens (tertiary/aromatic N) is 1. The average molecular weight is 504 g/mol. The number of sulfonamides is 2. The van der Waals surface area contributed by atoms with Crippen LogP contribution in [0.25, 0.3) is 21.6 Å². The molecule has 0 bridgehead atoms. The predicted molar refractivity (Wildman–Crippen MR) is 135 cm³/mol. The normalized spacial score (nSPS) is 12.0. The van der Waals surface area contributed by atoms with Gasteiger partial charge in [0.05, 0.1) is 38.4 Å². The number of anilines is 2. The van der Waals surface area contributed by atoms with Crippen molar-refractivity contribution in [2.75, 3.05) is 9.44 Å². The first-order valence-corrected chi connectivity index (χ1v) is 14.2. The lowest BCUT2D eigenvalue weighted by atomic mass is 10.0. The van der Waals surface area contributed by atoms with Crippen molar-refractivity contribution in [1.29, 1.82) is 5.26 Å². The minimum Gasteiger partial charge on any atom is -0.283 e. The maximum absolute atomic E-state index is 12.4. The van der Waals surface area contributed by atoms with Crippen molar-refractivity contribution in [2.24, 2.45) is 0 Å². The van der Waals surface area contributed by atoms with Gasteiger partial charge in [-0.05, 0) is 62.4 Å². The summed E-state index contributed by atoms with van der Waals surface area (Å²) in [5, 5.41) is 9.87. The number of hydrogen-bond donors (Lipinski definition) is 2. The number of thiophene rings is 1. The van der Waals surface area contributed by atoms with Gasteiger partial charge in [-0.25, -0.2) is 16.8 Å². The Balaban J connectivity index is 1.98. The fourth-order valence-electron chi connectivity index (χ4n) is 2.91. The molecule has 7 nitrogen and oxygen atoms in total. The van der Waals surface area contributed by atoms with E-state index in [2.05, 4.69) is 9.44 Å². The molecule has 0 aliphatic rings. The standard InChI is InChI=1S/C23H25N3O4S3/c1-15(2)32(27,28)25-21-11-12-31-23(21)19-8-6-18(7-9-19)20-10-5-17(14-24)13-22(20)26-33(29,30)16(3)4/h5-13,15-16,25-26H,1-4H3. The fraction of sp³-hybridized carbons (Fsp3) is 0.261. The van der Waals surface area contributed by atoms with Crippen molar-refractivity contribution >= 4 is 42.8 Å². The van der Waals surface area contributed by atoms with Crippen LogP contribution in [0.1, 0.15) is 33.3 Å². The van der Waals surface area contributed by atoms with Crippen molar-refractivity contribution in [3.63, 3.8) is 0 Å². The Morgan fingerprint density at radius 3 is 1.88 bits per heavy atom. The second kappa shape index (κ2) is 9.55. The maximum atomic E-state index is 12.4. The zero-order valence-electron chi connectivity index (χ0n) is 18.7. The number of nitrogens with one attached hydrogen (secondary N) is 2. The fourth-order valence-corrected chi connectivity index (χ4v) is 5.25. The second-order valence-corrected chi connectivity index (χ2v) is 13.4. The minimum absolute atomic E-state index is 0.331. The van der Waals surface area contributed by atoms with E-state index in [1.165, 1.54) is 17.4 Å². The van der Waals surface area contributed by atoms with Crippen LogP contribution in [0, 0.1) is 11.3 Å². The molecule has 0 saturated carbocycles. The minimum atomic E-state index is -3.60. The molecule has 0 saturated heterocycles. The molecule has 1 aromatic heterocycles. The summed E-state index contributed by atoms with van der Waals surface area (Å²) >= 11 is 1.42. The summed E-state index contributed by atoms with van der Waals surface area (Å²) in [6.07, 6.45) is 0. The molecule has 0 aliphatic carbocycles. The lowest BCUT2D eigenvalue weighted by Crippen LogP contribution is -2.22. The number of hydrogen-bond acceptors (Lipinski definition) is 6. The van der Waals surface area contributed by atoms with Crippen molar-refractivity contribution in [1.82, 2.24) is 0 Å². The van der Waals surface area contributed by atoms with Crippen molar-refractivity contribution in [2.45, 2.75) is 38.2 Å². The van der Waals surface area contributed by atoms with Crippen molar-refractivity contribution in [3.8, 4) is 27.6 Å². The summed E-state index contributed by atoms with van der Waals surface area (Å²) in [7, 11) is -7.08. The Hall–Kier alpha value is -2.87. The SMILES string of the molecule is CC(C)S(=O)(=O)Nc1cc(C#N)ccc1-c1ccc(-c2sccc2NS(=O)(=O)C(C)C)cc1. The largest absolute Gasteiger partial charge is 0.283 e. The summed E-state index contributed by atoms with van der Waals surface area (Å²) in [6, 6.07) is 16.0. The third-order valence-electron chi connectivity index (χ3n) is 5.02. The van der Waals surface area contributed by atoms with E-state index >= 15 is 0 Å². The van der Waals surface area contributed by atoms with Gasteiger partial charge in [-0.3, -0.25) is 9.44 Å². The zero-order chi connectivity index (χ0) is 24.4. The van der Waals surface area contributed by atoms with Crippen LogP contribution >= 0.6 is 11.3 Å². The van der Waals surface area contributed by atoms with Crippen LogP contribution in [0.2, 0.25) is 0 Å². The van der Waals surface area contributed by atoms with Gasteiger partial charge in [0.25, 0.3) is 0 Å². The van der Waals surface area contributed by atoms with E-state index < -0.39 is 30.5 Å². The maximum Gasteiger partial charge on any atom is 0.235 e. The Kier molecular flexibility index (Phi) is 7.17. The lowest BCUT2D eigenvalue weighted by molar-refractivity contribution is 0.591. The van der Waals surface area contributed by atoms with Gasteiger partial charge in [-0.2, -0.15) is 5.26 Å². The molecule has 0 amide bonds. The van der Waals surface area contributed by atoms with E-state index in [0.717, 1.165) is 16.0 Å². The molecule has 0 atom stereocenters. The van der Waals surface area contributed by atoms with Crippen LogP contribution in [0.15, 0.2) is 53.9 Å². The van der Waals surface area contributed by atoms with Gasteiger partial charge in [0.2, 0.25) is 20.0 Å². The van der Waals surface area contributed by atoms with Gasteiger partial charge in [0.1, 0.15) is 0 Å². The van der Waals surface area contributed by atoms with E-state index in [-0.39, 0.29) is 0 Å².